The van der Waals surface area contributed by atoms with Crippen molar-refractivity contribution in [1.29, 1.82) is 0 Å². The predicted molar refractivity (Wildman–Crippen MR) is 64.6 cm³/mol. The Hall–Kier alpha value is -0.600. The van der Waals surface area contributed by atoms with Crippen molar-refractivity contribution in [2.24, 2.45) is 5.92 Å². The van der Waals surface area contributed by atoms with Crippen LogP contribution < -0.4 is 17.3 Å². The Labute approximate surface area is 114 Å². The van der Waals surface area contributed by atoms with Gasteiger partial charge in [0, 0.05) is 25.2 Å². The van der Waals surface area contributed by atoms with Crippen molar-refractivity contribution >= 4 is 0 Å². The van der Waals surface area contributed by atoms with Crippen molar-refractivity contribution in [3.05, 3.63) is 35.1 Å². The van der Waals surface area contributed by atoms with Crippen LogP contribution in [0.4, 0.5) is 4.39 Å². The number of fused-ring (bicyclic) bond motifs is 6. The molecule has 1 aromatic rings. The molecule has 5 unspecified atom stereocenters. The lowest BCUT2D eigenvalue weighted by Gasteiger charge is -2.37. The third kappa shape index (κ3) is 1.55. The molecule has 3 aliphatic rings. The first-order chi connectivity index (χ1) is 8.24. The van der Waals surface area contributed by atoms with Crippen molar-refractivity contribution in [2.75, 3.05) is 7.05 Å². The molecule has 1 aromatic carbocycles. The van der Waals surface area contributed by atoms with Gasteiger partial charge in [-0.25, -0.2) is 4.39 Å². The number of hydrogen-bond acceptors (Lipinski definition) is 0. The quantitative estimate of drug-likeness (QED) is 0.586. The summed E-state index contributed by atoms with van der Waals surface area (Å²) in [5.74, 6) is 1.45. The van der Waals surface area contributed by atoms with Gasteiger partial charge in [0.2, 0.25) is 0 Å². The molecule has 18 heavy (non-hydrogen) atoms. The maximum atomic E-state index is 13.3. The molecule has 5 atom stereocenters. The van der Waals surface area contributed by atoms with Crippen LogP contribution in [-0.4, -0.2) is 19.1 Å². The fourth-order valence-corrected chi connectivity index (χ4v) is 4.76. The highest BCUT2D eigenvalue weighted by molar-refractivity contribution is 5.38. The minimum absolute atomic E-state index is 0. The van der Waals surface area contributed by atoms with E-state index in [2.05, 4.69) is 13.1 Å². The van der Waals surface area contributed by atoms with Crippen LogP contribution in [0.25, 0.3) is 0 Å². The van der Waals surface area contributed by atoms with Crippen LogP contribution in [0.1, 0.15) is 36.3 Å². The molecule has 1 nitrogen and oxygen atoms in total. The molecule has 3 heteroatoms. The summed E-state index contributed by atoms with van der Waals surface area (Å²) in [5, 5.41) is 0. The van der Waals surface area contributed by atoms with Crippen LogP contribution in [0.3, 0.4) is 0 Å². The Morgan fingerprint density at radius 3 is 2.94 bits per heavy atom. The number of quaternary nitrogens is 1. The molecule has 1 N–H and O–H groups in total. The minimum atomic E-state index is -0.0618. The summed E-state index contributed by atoms with van der Waals surface area (Å²) in [7, 11) is 2.36. The molecule has 2 bridgehead atoms. The fraction of sp³-hybridized carbons (Fsp3) is 0.600. The Morgan fingerprint density at radius 1 is 1.28 bits per heavy atom. The van der Waals surface area contributed by atoms with Gasteiger partial charge in [0.25, 0.3) is 0 Å². The third-order valence-electron chi connectivity index (χ3n) is 5.59. The van der Waals surface area contributed by atoms with Crippen LogP contribution in [0.15, 0.2) is 18.2 Å². The molecule has 2 saturated heterocycles. The van der Waals surface area contributed by atoms with E-state index in [-0.39, 0.29) is 18.2 Å². The van der Waals surface area contributed by atoms with Gasteiger partial charge in [0.1, 0.15) is 5.82 Å². The van der Waals surface area contributed by atoms with Gasteiger partial charge in [-0.15, -0.1) is 0 Å². The molecule has 2 aliphatic heterocycles. The molecular weight excluding hydrogens is 249 g/mol. The molecule has 0 spiro atoms. The van der Waals surface area contributed by atoms with Gasteiger partial charge < -0.3 is 17.3 Å². The summed E-state index contributed by atoms with van der Waals surface area (Å²) in [6, 6.07) is 7.16. The second kappa shape index (κ2) is 4.21. The monoisotopic (exact) mass is 267 g/mol. The minimum Gasteiger partial charge on any atom is -1.00 e. The van der Waals surface area contributed by atoms with Gasteiger partial charge in [0.05, 0.1) is 19.1 Å². The largest absolute Gasteiger partial charge is 1.00 e. The van der Waals surface area contributed by atoms with E-state index in [1.165, 1.54) is 30.4 Å². The number of benzene rings is 1. The van der Waals surface area contributed by atoms with E-state index >= 15 is 0 Å². The van der Waals surface area contributed by atoms with Crippen LogP contribution in [0.2, 0.25) is 0 Å². The average Bonchev–Trinajstić information content (AvgIpc) is 2.76. The summed E-state index contributed by atoms with van der Waals surface area (Å²) >= 11 is 0. The van der Waals surface area contributed by atoms with Gasteiger partial charge >= 0.3 is 0 Å². The number of hydrogen-bond donors (Lipinski definition) is 1. The predicted octanol–water partition coefficient (Wildman–Crippen LogP) is -1.46. The zero-order valence-electron chi connectivity index (χ0n) is 10.6. The topological polar surface area (TPSA) is 4.44 Å². The molecule has 1 aliphatic carbocycles. The van der Waals surface area contributed by atoms with Crippen molar-refractivity contribution in [3.63, 3.8) is 0 Å². The Morgan fingerprint density at radius 2 is 2.11 bits per heavy atom. The first kappa shape index (κ1) is 12.4. The standard InChI is InChI=1S/C15H18FN.ClH/c1-17-11-3-5-15(17)14-7-9-6-10(16)2-4-12(9)13(14)8-11;/h2,4,6,11,13-15H,3,5,7-8H2,1H3;1H. The molecule has 0 radical (unpaired) electrons. The Kier molecular flexibility index (Phi) is 2.91. The summed E-state index contributed by atoms with van der Waals surface area (Å²) in [4.78, 5) is 1.75. The second-order valence-electron chi connectivity index (χ2n) is 6.18. The highest BCUT2D eigenvalue weighted by Gasteiger charge is 2.52. The smallest absolute Gasteiger partial charge is 0.123 e. The average molecular weight is 268 g/mol. The SMILES string of the molecule is C[NH+]1C2CCC1C1Cc3cc(F)ccc3C1C2.[Cl-]. The normalized spacial score (nSPS) is 40.0. The van der Waals surface area contributed by atoms with E-state index in [0.29, 0.717) is 0 Å². The summed E-state index contributed by atoms with van der Waals surface area (Å²) < 4.78 is 13.3. The van der Waals surface area contributed by atoms with Gasteiger partial charge in [-0.05, 0) is 35.6 Å². The number of halogens is 2. The van der Waals surface area contributed by atoms with E-state index in [4.69, 9.17) is 0 Å². The highest BCUT2D eigenvalue weighted by Crippen LogP contribution is 2.47. The van der Waals surface area contributed by atoms with Crippen LogP contribution in [0.5, 0.6) is 0 Å². The van der Waals surface area contributed by atoms with Gasteiger partial charge in [-0.2, -0.15) is 0 Å². The number of nitrogens with one attached hydrogen (secondary N) is 1. The number of rotatable bonds is 0. The highest BCUT2D eigenvalue weighted by atomic mass is 35.5. The van der Waals surface area contributed by atoms with Crippen molar-refractivity contribution in [1.82, 2.24) is 0 Å². The van der Waals surface area contributed by atoms with Crippen LogP contribution in [0, 0.1) is 11.7 Å². The van der Waals surface area contributed by atoms with Crippen molar-refractivity contribution in [2.45, 2.75) is 43.7 Å². The summed E-state index contributed by atoms with van der Waals surface area (Å²) in [6.07, 6.45) is 5.23. The number of piperidine rings is 1. The molecule has 4 rings (SSSR count). The molecule has 98 valence electrons. The van der Waals surface area contributed by atoms with Gasteiger partial charge in [0.15, 0.2) is 0 Å². The zero-order valence-corrected chi connectivity index (χ0v) is 11.4. The zero-order chi connectivity index (χ0) is 11.6. The lowest BCUT2D eigenvalue weighted by molar-refractivity contribution is -0.927. The lowest BCUT2D eigenvalue weighted by Crippen LogP contribution is -3.16. The second-order valence-corrected chi connectivity index (χ2v) is 6.18. The fourth-order valence-electron chi connectivity index (χ4n) is 4.76. The third-order valence-corrected chi connectivity index (χ3v) is 5.59. The van der Waals surface area contributed by atoms with Gasteiger partial charge in [-0.1, -0.05) is 6.07 Å². The van der Waals surface area contributed by atoms with Gasteiger partial charge in [-0.3, -0.25) is 0 Å². The molecule has 2 heterocycles. The van der Waals surface area contributed by atoms with E-state index in [1.54, 1.807) is 17.0 Å². The first-order valence-corrected chi connectivity index (χ1v) is 6.85. The molecule has 0 saturated carbocycles. The van der Waals surface area contributed by atoms with E-state index < -0.39 is 0 Å². The maximum absolute atomic E-state index is 13.3. The summed E-state index contributed by atoms with van der Waals surface area (Å²) in [5.41, 5.74) is 2.75. The molecular formula is C15H19ClFN. The summed E-state index contributed by atoms with van der Waals surface area (Å²) in [6.45, 7) is 0. The Balaban J connectivity index is 0.000001000. The molecule has 2 fully saturated rings. The first-order valence-electron chi connectivity index (χ1n) is 6.85. The van der Waals surface area contributed by atoms with E-state index in [0.717, 1.165) is 30.3 Å². The van der Waals surface area contributed by atoms with Crippen LogP contribution in [-0.2, 0) is 6.42 Å². The molecule has 0 aromatic heterocycles. The van der Waals surface area contributed by atoms with Crippen LogP contribution >= 0.6 is 0 Å². The lowest BCUT2D eigenvalue weighted by atomic mass is 9.81. The van der Waals surface area contributed by atoms with E-state index in [1.807, 2.05) is 0 Å². The van der Waals surface area contributed by atoms with Crippen molar-refractivity contribution in [3.8, 4) is 0 Å². The Bertz CT molecular complexity index is 476. The van der Waals surface area contributed by atoms with Crippen molar-refractivity contribution < 1.29 is 21.7 Å². The van der Waals surface area contributed by atoms with E-state index in [9.17, 15) is 4.39 Å². The maximum Gasteiger partial charge on any atom is 0.123 e. The molecule has 0 amide bonds.